The first kappa shape index (κ1) is 23.3. The largest absolute Gasteiger partial charge is 0.345 e. The average molecular weight is 472 g/mol. The Labute approximate surface area is 202 Å². The first-order valence-corrected chi connectivity index (χ1v) is 11.9. The molecule has 0 fully saturated rings. The fourth-order valence-corrected chi connectivity index (χ4v) is 4.31. The summed E-state index contributed by atoms with van der Waals surface area (Å²) in [6.07, 6.45) is 0. The summed E-state index contributed by atoms with van der Waals surface area (Å²) in [5.74, 6) is 0.381. The molecule has 7 nitrogen and oxygen atoms in total. The molecular formula is C26H25N5O2S. The van der Waals surface area contributed by atoms with Gasteiger partial charge in [0.15, 0.2) is 5.16 Å². The molecule has 3 aromatic carbocycles. The van der Waals surface area contributed by atoms with E-state index in [4.69, 9.17) is 0 Å². The minimum Gasteiger partial charge on any atom is -0.345 e. The lowest BCUT2D eigenvalue weighted by Gasteiger charge is -2.16. The minimum atomic E-state index is -0.251. The normalized spacial score (nSPS) is 11.6. The highest BCUT2D eigenvalue weighted by Gasteiger charge is 2.17. The summed E-state index contributed by atoms with van der Waals surface area (Å²) in [6, 6.07) is 26.3. The number of aryl methyl sites for hydroxylation is 1. The van der Waals surface area contributed by atoms with Crippen LogP contribution in [0.1, 0.15) is 34.7 Å². The van der Waals surface area contributed by atoms with E-state index in [-0.39, 0.29) is 23.6 Å². The van der Waals surface area contributed by atoms with E-state index in [1.54, 1.807) is 24.3 Å². The van der Waals surface area contributed by atoms with Crippen molar-refractivity contribution in [2.45, 2.75) is 25.0 Å². The van der Waals surface area contributed by atoms with Crippen LogP contribution in [0.25, 0.3) is 5.69 Å². The number of carbonyl (C=O) groups is 2. The van der Waals surface area contributed by atoms with Crippen LogP contribution >= 0.6 is 11.8 Å². The van der Waals surface area contributed by atoms with Crippen molar-refractivity contribution in [2.24, 2.45) is 0 Å². The zero-order valence-corrected chi connectivity index (χ0v) is 19.8. The molecule has 1 atom stereocenters. The van der Waals surface area contributed by atoms with Gasteiger partial charge in [-0.15, -0.1) is 10.2 Å². The first-order chi connectivity index (χ1) is 16.5. The highest BCUT2D eigenvalue weighted by Crippen LogP contribution is 2.23. The summed E-state index contributed by atoms with van der Waals surface area (Å²) in [5.41, 5.74) is 2.81. The van der Waals surface area contributed by atoms with E-state index >= 15 is 0 Å². The first-order valence-electron chi connectivity index (χ1n) is 10.9. The van der Waals surface area contributed by atoms with Crippen molar-refractivity contribution in [1.29, 1.82) is 0 Å². The number of carbonyl (C=O) groups excluding carboxylic acids is 2. The number of nitrogens with zero attached hydrogens (tertiary/aromatic N) is 3. The molecule has 0 unspecified atom stereocenters. The van der Waals surface area contributed by atoms with Gasteiger partial charge in [0, 0.05) is 5.69 Å². The van der Waals surface area contributed by atoms with Crippen molar-refractivity contribution in [3.05, 3.63) is 102 Å². The van der Waals surface area contributed by atoms with Crippen LogP contribution in [0.4, 0.5) is 5.69 Å². The van der Waals surface area contributed by atoms with Crippen LogP contribution in [0, 0.1) is 6.92 Å². The van der Waals surface area contributed by atoms with Gasteiger partial charge in [0.25, 0.3) is 5.91 Å². The van der Waals surface area contributed by atoms with E-state index in [0.717, 1.165) is 17.1 Å². The predicted molar refractivity (Wildman–Crippen MR) is 134 cm³/mol. The smallest absolute Gasteiger partial charge is 0.253 e. The number of para-hydroxylation sites is 2. The van der Waals surface area contributed by atoms with Crippen LogP contribution in [0.5, 0.6) is 0 Å². The molecule has 4 aromatic rings. The van der Waals surface area contributed by atoms with Crippen LogP contribution in [0.2, 0.25) is 0 Å². The molecule has 0 saturated heterocycles. The van der Waals surface area contributed by atoms with E-state index in [0.29, 0.717) is 16.4 Å². The fourth-order valence-electron chi connectivity index (χ4n) is 3.52. The van der Waals surface area contributed by atoms with Gasteiger partial charge in [-0.25, -0.2) is 0 Å². The molecule has 8 heteroatoms. The molecule has 2 N–H and O–H groups in total. The van der Waals surface area contributed by atoms with Gasteiger partial charge in [0.1, 0.15) is 5.82 Å². The fraction of sp³-hybridized carbons (Fsp3) is 0.154. The van der Waals surface area contributed by atoms with Crippen molar-refractivity contribution in [2.75, 3.05) is 11.1 Å². The molecule has 2 amide bonds. The third-order valence-electron chi connectivity index (χ3n) is 5.23. The molecule has 1 heterocycles. The third-order valence-corrected chi connectivity index (χ3v) is 6.16. The summed E-state index contributed by atoms with van der Waals surface area (Å²) in [6.45, 7) is 3.80. The molecule has 172 valence electrons. The third kappa shape index (κ3) is 5.52. The predicted octanol–water partition coefficient (Wildman–Crippen LogP) is 4.80. The number of amides is 2. The Morgan fingerprint density at radius 1 is 0.912 bits per heavy atom. The summed E-state index contributed by atoms with van der Waals surface area (Å²) < 4.78 is 1.91. The quantitative estimate of drug-likeness (QED) is 0.361. The molecular weight excluding hydrogens is 446 g/mol. The number of nitrogens with one attached hydrogen (secondary N) is 2. The minimum absolute atomic E-state index is 0.126. The second-order valence-electron chi connectivity index (χ2n) is 7.69. The lowest BCUT2D eigenvalue weighted by Crippen LogP contribution is -2.28. The Hall–Kier alpha value is -3.91. The van der Waals surface area contributed by atoms with Gasteiger partial charge in [-0.3, -0.25) is 14.2 Å². The average Bonchev–Trinajstić information content (AvgIpc) is 3.24. The van der Waals surface area contributed by atoms with Crippen molar-refractivity contribution in [1.82, 2.24) is 20.1 Å². The summed E-state index contributed by atoms with van der Waals surface area (Å²) in [7, 11) is 0. The highest BCUT2D eigenvalue weighted by molar-refractivity contribution is 7.99. The molecule has 0 aliphatic carbocycles. The second kappa shape index (κ2) is 10.8. The highest BCUT2D eigenvalue weighted by atomic mass is 32.2. The maximum atomic E-state index is 12.9. The summed E-state index contributed by atoms with van der Waals surface area (Å²) in [5, 5.41) is 14.8. The lowest BCUT2D eigenvalue weighted by atomic mass is 10.1. The lowest BCUT2D eigenvalue weighted by molar-refractivity contribution is -0.113. The van der Waals surface area contributed by atoms with E-state index < -0.39 is 0 Å². The molecule has 0 saturated carbocycles. The number of hydrogen-bond donors (Lipinski definition) is 2. The summed E-state index contributed by atoms with van der Waals surface area (Å²) >= 11 is 1.29. The number of benzene rings is 3. The topological polar surface area (TPSA) is 88.9 Å². The zero-order chi connectivity index (χ0) is 23.9. The van der Waals surface area contributed by atoms with Gasteiger partial charge in [-0.1, -0.05) is 72.4 Å². The Bertz CT molecular complexity index is 1270. The van der Waals surface area contributed by atoms with Crippen molar-refractivity contribution < 1.29 is 9.59 Å². The van der Waals surface area contributed by atoms with Crippen LogP contribution in [-0.2, 0) is 4.79 Å². The van der Waals surface area contributed by atoms with Gasteiger partial charge in [0.2, 0.25) is 5.91 Å². The maximum absolute atomic E-state index is 12.9. The number of anilines is 1. The maximum Gasteiger partial charge on any atom is 0.253 e. The number of aromatic nitrogens is 3. The zero-order valence-electron chi connectivity index (χ0n) is 18.9. The van der Waals surface area contributed by atoms with Crippen molar-refractivity contribution in [3.63, 3.8) is 0 Å². The van der Waals surface area contributed by atoms with Crippen LogP contribution in [0.3, 0.4) is 0 Å². The molecule has 0 aliphatic rings. The van der Waals surface area contributed by atoms with E-state index in [9.17, 15) is 9.59 Å². The van der Waals surface area contributed by atoms with Gasteiger partial charge in [-0.2, -0.15) is 0 Å². The Morgan fingerprint density at radius 2 is 1.56 bits per heavy atom. The number of hydrogen-bond acceptors (Lipinski definition) is 5. The second-order valence-corrected chi connectivity index (χ2v) is 8.63. The van der Waals surface area contributed by atoms with Gasteiger partial charge in [-0.05, 0) is 43.7 Å². The van der Waals surface area contributed by atoms with Gasteiger partial charge in [0.05, 0.1) is 23.0 Å². The molecule has 0 radical (unpaired) electrons. The standard InChI is InChI=1S/C26H25N5O2S/c1-18(20-11-5-3-6-12-20)27-25(33)22-15-9-10-16-23(22)28-24(32)17-34-26-30-29-19(2)31(26)21-13-7-4-8-14-21/h3-16,18H,17H2,1-2H3,(H,27,33)(H,28,32)/t18-/m1/s1. The Balaban J connectivity index is 1.42. The Morgan fingerprint density at radius 3 is 2.29 bits per heavy atom. The van der Waals surface area contributed by atoms with Crippen LogP contribution in [-0.4, -0.2) is 32.3 Å². The molecule has 4 rings (SSSR count). The molecule has 0 bridgehead atoms. The van der Waals surface area contributed by atoms with Crippen LogP contribution < -0.4 is 10.6 Å². The molecule has 1 aromatic heterocycles. The van der Waals surface area contributed by atoms with Crippen LogP contribution in [0.15, 0.2) is 90.1 Å². The number of rotatable bonds is 8. The molecule has 0 aliphatic heterocycles. The summed E-state index contributed by atoms with van der Waals surface area (Å²) in [4.78, 5) is 25.7. The molecule has 34 heavy (non-hydrogen) atoms. The molecule has 0 spiro atoms. The van der Waals surface area contributed by atoms with Crippen molar-refractivity contribution in [3.8, 4) is 5.69 Å². The van der Waals surface area contributed by atoms with Crippen molar-refractivity contribution >= 4 is 29.3 Å². The SMILES string of the molecule is Cc1nnc(SCC(=O)Nc2ccccc2C(=O)N[C@H](C)c2ccccc2)n1-c1ccccc1. The Kier molecular flexibility index (Phi) is 7.39. The van der Waals surface area contributed by atoms with E-state index in [1.165, 1.54) is 11.8 Å². The van der Waals surface area contributed by atoms with E-state index in [1.807, 2.05) is 79.1 Å². The van der Waals surface area contributed by atoms with E-state index in [2.05, 4.69) is 20.8 Å². The van der Waals surface area contributed by atoms with Gasteiger partial charge < -0.3 is 10.6 Å². The monoisotopic (exact) mass is 471 g/mol. The number of thioether (sulfide) groups is 1. The van der Waals surface area contributed by atoms with Gasteiger partial charge >= 0.3 is 0 Å².